The number of rotatable bonds is 4. The molecule has 3 atom stereocenters. The minimum absolute atomic E-state index is 0.145. The Hall–Kier alpha value is -3.82. The van der Waals surface area contributed by atoms with Gasteiger partial charge in [-0.2, -0.15) is 4.39 Å². The molecule has 184 valence electrons. The number of nitrogens with zero attached hydrogens (tertiary/aromatic N) is 6. The van der Waals surface area contributed by atoms with Crippen LogP contribution in [-0.2, 0) is 0 Å². The molecule has 0 bridgehead atoms. The summed E-state index contributed by atoms with van der Waals surface area (Å²) >= 11 is 12.3. The number of aromatic nitrogens is 7. The molecule has 0 radical (unpaired) electrons. The Bertz CT molecular complexity index is 1780. The first kappa shape index (κ1) is 22.4. The Morgan fingerprint density at radius 2 is 1.97 bits per heavy atom. The van der Waals surface area contributed by atoms with Gasteiger partial charge in [-0.1, -0.05) is 28.4 Å². The highest BCUT2D eigenvalue weighted by atomic mass is 35.5. The number of nitrogens with one attached hydrogen (secondary N) is 1. The van der Waals surface area contributed by atoms with Crippen molar-refractivity contribution in [1.82, 2.24) is 34.5 Å². The lowest BCUT2D eigenvalue weighted by Gasteiger charge is -2.18. The number of imidazole rings is 1. The summed E-state index contributed by atoms with van der Waals surface area (Å²) in [5, 5.41) is 8.74. The number of H-pyrrole nitrogens is 1. The van der Waals surface area contributed by atoms with Gasteiger partial charge in [-0.3, -0.25) is 4.79 Å². The van der Waals surface area contributed by atoms with Crippen LogP contribution in [0.25, 0.3) is 28.1 Å². The standard InChI is InChI=1S/C26H18Cl2FN7O/c1-12-2-4-15(25(29)31-12)19-10-30-26(32-19)24-18-9-17(18)21-6-13(7-23(37)36(21)24)16-8-14(27)3-5-20(16)35-11-22(28)33-34-35/h2-8,10-11,17-18,24H,9H2,1H3,(H,30,32). The van der Waals surface area contributed by atoms with E-state index >= 15 is 0 Å². The lowest BCUT2D eigenvalue weighted by Crippen LogP contribution is -2.26. The molecule has 0 spiro atoms. The van der Waals surface area contributed by atoms with E-state index in [-0.39, 0.29) is 28.6 Å². The summed E-state index contributed by atoms with van der Waals surface area (Å²) < 4.78 is 17.8. The van der Waals surface area contributed by atoms with Gasteiger partial charge in [-0.05, 0) is 61.2 Å². The van der Waals surface area contributed by atoms with E-state index in [2.05, 4.69) is 25.3 Å². The third-order valence-corrected chi connectivity index (χ3v) is 7.55. The van der Waals surface area contributed by atoms with Crippen LogP contribution in [0.3, 0.4) is 0 Å². The molecule has 1 aliphatic carbocycles. The average molecular weight is 534 g/mol. The van der Waals surface area contributed by atoms with Gasteiger partial charge in [0.1, 0.15) is 5.82 Å². The molecule has 1 aliphatic heterocycles. The van der Waals surface area contributed by atoms with Crippen LogP contribution in [0.2, 0.25) is 10.2 Å². The molecule has 37 heavy (non-hydrogen) atoms. The minimum atomic E-state index is -0.556. The molecule has 2 aliphatic rings. The maximum absolute atomic E-state index is 14.5. The molecule has 5 heterocycles. The summed E-state index contributed by atoms with van der Waals surface area (Å²) in [5.74, 6) is 0.569. The molecule has 4 aromatic heterocycles. The monoisotopic (exact) mass is 533 g/mol. The van der Waals surface area contributed by atoms with Crippen LogP contribution in [0.5, 0.6) is 0 Å². The molecule has 5 aromatic rings. The summed E-state index contributed by atoms with van der Waals surface area (Å²) in [6.45, 7) is 1.74. The first-order valence-electron chi connectivity index (χ1n) is 11.7. The number of halogens is 3. The molecule has 1 N–H and O–H groups in total. The van der Waals surface area contributed by atoms with E-state index in [1.807, 2.05) is 12.1 Å². The Morgan fingerprint density at radius 1 is 1.11 bits per heavy atom. The van der Waals surface area contributed by atoms with Gasteiger partial charge in [0, 0.05) is 34.0 Å². The van der Waals surface area contributed by atoms with Crippen LogP contribution in [0.1, 0.15) is 35.6 Å². The maximum atomic E-state index is 14.5. The van der Waals surface area contributed by atoms with Gasteiger partial charge >= 0.3 is 0 Å². The molecule has 1 fully saturated rings. The normalized spacial score (nSPS) is 19.6. The third-order valence-electron chi connectivity index (χ3n) is 7.14. The Morgan fingerprint density at radius 3 is 2.76 bits per heavy atom. The second kappa shape index (κ2) is 8.09. The Labute approximate surface area is 219 Å². The van der Waals surface area contributed by atoms with E-state index in [4.69, 9.17) is 23.2 Å². The Balaban J connectivity index is 1.31. The van der Waals surface area contributed by atoms with Gasteiger partial charge in [0.2, 0.25) is 5.95 Å². The summed E-state index contributed by atoms with van der Waals surface area (Å²) in [6.07, 6.45) is 4.15. The third kappa shape index (κ3) is 3.60. The van der Waals surface area contributed by atoms with Crippen LogP contribution in [0.15, 0.2) is 59.7 Å². The van der Waals surface area contributed by atoms with Crippen LogP contribution in [0.4, 0.5) is 4.39 Å². The van der Waals surface area contributed by atoms with Crippen molar-refractivity contribution in [3.63, 3.8) is 0 Å². The van der Waals surface area contributed by atoms with Crippen LogP contribution < -0.4 is 5.56 Å². The van der Waals surface area contributed by atoms with Gasteiger partial charge in [0.15, 0.2) is 5.15 Å². The van der Waals surface area contributed by atoms with Gasteiger partial charge in [0.05, 0.1) is 35.4 Å². The fraction of sp³-hybridized carbons (Fsp3) is 0.192. The molecule has 1 saturated carbocycles. The topological polar surface area (TPSA) is 94.3 Å². The largest absolute Gasteiger partial charge is 0.340 e. The molecule has 11 heteroatoms. The SMILES string of the molecule is Cc1ccc(-c2cnc(C3C4CC4c4cc(-c5cc(Cl)ccc5-n5cc(Cl)nn5)cc(=O)n43)[nH]2)c(F)n1. The van der Waals surface area contributed by atoms with Crippen LogP contribution >= 0.6 is 23.2 Å². The summed E-state index contributed by atoms with van der Waals surface area (Å²) in [5.41, 5.74) is 4.47. The number of hydrogen-bond donors (Lipinski definition) is 1. The Kier molecular flexibility index (Phi) is 4.90. The summed E-state index contributed by atoms with van der Waals surface area (Å²) in [6, 6.07) is 12.2. The van der Waals surface area contributed by atoms with Crippen LogP contribution in [0, 0.1) is 18.8 Å². The molecule has 1 aromatic carbocycles. The fourth-order valence-electron chi connectivity index (χ4n) is 5.41. The number of benzene rings is 1. The molecule has 0 saturated heterocycles. The second-order valence-electron chi connectivity index (χ2n) is 9.45. The van der Waals surface area contributed by atoms with E-state index in [1.54, 1.807) is 58.9 Å². The molecule has 0 amide bonds. The van der Waals surface area contributed by atoms with Crippen molar-refractivity contribution >= 4 is 23.2 Å². The van der Waals surface area contributed by atoms with Crippen molar-refractivity contribution in [3.8, 4) is 28.1 Å². The number of aryl methyl sites for hydroxylation is 1. The van der Waals surface area contributed by atoms with Crippen molar-refractivity contribution < 1.29 is 4.39 Å². The lowest BCUT2D eigenvalue weighted by atomic mass is 10.0. The molecule has 8 nitrogen and oxygen atoms in total. The fourth-order valence-corrected chi connectivity index (χ4v) is 5.71. The van der Waals surface area contributed by atoms with E-state index < -0.39 is 5.95 Å². The zero-order valence-electron chi connectivity index (χ0n) is 19.4. The van der Waals surface area contributed by atoms with E-state index in [0.717, 1.165) is 23.2 Å². The van der Waals surface area contributed by atoms with Crippen molar-refractivity contribution in [3.05, 3.63) is 98.5 Å². The number of pyridine rings is 2. The van der Waals surface area contributed by atoms with Crippen LogP contribution in [-0.4, -0.2) is 34.5 Å². The number of aromatic amines is 1. The smallest absolute Gasteiger partial charge is 0.252 e. The lowest BCUT2D eigenvalue weighted by molar-refractivity contribution is 0.514. The highest BCUT2D eigenvalue weighted by molar-refractivity contribution is 6.31. The van der Waals surface area contributed by atoms with Gasteiger partial charge in [-0.25, -0.2) is 14.6 Å². The zero-order valence-corrected chi connectivity index (χ0v) is 20.9. The highest BCUT2D eigenvalue weighted by Crippen LogP contribution is 2.60. The van der Waals surface area contributed by atoms with E-state index in [1.165, 1.54) is 0 Å². The first-order valence-corrected chi connectivity index (χ1v) is 12.5. The number of hydrogen-bond acceptors (Lipinski definition) is 5. The summed E-state index contributed by atoms with van der Waals surface area (Å²) in [7, 11) is 0. The average Bonchev–Trinajstić information content (AvgIpc) is 3.15. The van der Waals surface area contributed by atoms with E-state index in [9.17, 15) is 9.18 Å². The molecular formula is C26H18Cl2FN7O. The van der Waals surface area contributed by atoms with E-state index in [0.29, 0.717) is 33.5 Å². The van der Waals surface area contributed by atoms with Crippen molar-refractivity contribution in [2.45, 2.75) is 25.3 Å². The highest BCUT2D eigenvalue weighted by Gasteiger charge is 2.54. The zero-order chi connectivity index (χ0) is 25.4. The van der Waals surface area contributed by atoms with Crippen molar-refractivity contribution in [2.24, 2.45) is 5.92 Å². The predicted octanol–water partition coefficient (Wildman–Crippen LogP) is 5.34. The van der Waals surface area contributed by atoms with Gasteiger partial charge in [-0.15, -0.1) is 5.10 Å². The molecular weight excluding hydrogens is 516 g/mol. The van der Waals surface area contributed by atoms with Crippen molar-refractivity contribution in [2.75, 3.05) is 0 Å². The van der Waals surface area contributed by atoms with Gasteiger partial charge in [0.25, 0.3) is 5.56 Å². The second-order valence-corrected chi connectivity index (χ2v) is 10.3. The predicted molar refractivity (Wildman–Crippen MR) is 137 cm³/mol. The van der Waals surface area contributed by atoms with Gasteiger partial charge < -0.3 is 9.55 Å². The maximum Gasteiger partial charge on any atom is 0.252 e. The molecule has 7 rings (SSSR count). The summed E-state index contributed by atoms with van der Waals surface area (Å²) in [4.78, 5) is 25.2. The first-order chi connectivity index (χ1) is 17.9. The van der Waals surface area contributed by atoms with Crippen molar-refractivity contribution in [1.29, 1.82) is 0 Å². The number of fused-ring (bicyclic) bond motifs is 3. The molecule has 3 unspecified atom stereocenters. The minimum Gasteiger partial charge on any atom is -0.340 e. The quantitative estimate of drug-likeness (QED) is 0.314.